The van der Waals surface area contributed by atoms with E-state index >= 15 is 0 Å². The Labute approximate surface area is 247 Å². The summed E-state index contributed by atoms with van der Waals surface area (Å²) in [4.78, 5) is 28.1. The highest BCUT2D eigenvalue weighted by molar-refractivity contribution is 5.73. The first kappa shape index (κ1) is 34.3. The summed E-state index contributed by atoms with van der Waals surface area (Å²) in [5.41, 5.74) is 1.49. The Morgan fingerprint density at radius 2 is 1.05 bits per heavy atom. The molecule has 0 spiro atoms. The molecule has 234 valence electrons. The normalized spacial score (nSPS) is 13.3. The van der Waals surface area contributed by atoms with Crippen molar-refractivity contribution >= 4 is 11.9 Å². The van der Waals surface area contributed by atoms with Crippen molar-refractivity contribution in [2.24, 2.45) is 0 Å². The maximum absolute atomic E-state index is 12.3. The average molecular weight is 593 g/mol. The molecular weight excluding hydrogens is 548 g/mol. The van der Waals surface area contributed by atoms with Crippen LogP contribution in [-0.2, 0) is 22.7 Å². The lowest BCUT2D eigenvalue weighted by molar-refractivity contribution is -0.146. The van der Waals surface area contributed by atoms with Gasteiger partial charge in [0.2, 0.25) is 11.5 Å². The van der Waals surface area contributed by atoms with E-state index in [9.17, 15) is 19.8 Å². The van der Waals surface area contributed by atoms with Gasteiger partial charge in [-0.15, -0.1) is 0 Å². The van der Waals surface area contributed by atoms with Gasteiger partial charge in [-0.05, 0) is 55.7 Å². The molecular formula is C30H44N2O10. The summed E-state index contributed by atoms with van der Waals surface area (Å²) in [5.74, 6) is 0.664. The highest BCUT2D eigenvalue weighted by atomic mass is 16.5. The molecule has 2 aromatic rings. The quantitative estimate of drug-likeness (QED) is 0.261. The van der Waals surface area contributed by atoms with E-state index in [0.717, 1.165) is 11.1 Å². The maximum Gasteiger partial charge on any atom is 0.320 e. The molecule has 2 rings (SSSR count). The molecule has 0 saturated carbocycles. The monoisotopic (exact) mass is 592 g/mol. The topological polar surface area (TPSA) is 136 Å². The minimum Gasteiger partial charge on any atom is -0.493 e. The number of hydrogen-bond acceptors (Lipinski definition) is 10. The minimum absolute atomic E-state index is 0.236. The van der Waals surface area contributed by atoms with Crippen LogP contribution in [0.4, 0.5) is 0 Å². The van der Waals surface area contributed by atoms with Crippen LogP contribution >= 0.6 is 0 Å². The summed E-state index contributed by atoms with van der Waals surface area (Å²) in [5, 5.41) is 20.0. The molecule has 3 unspecified atom stereocenters. The van der Waals surface area contributed by atoms with Gasteiger partial charge >= 0.3 is 11.9 Å². The number of methoxy groups -OCH3 is 6. The molecule has 0 aliphatic carbocycles. The second kappa shape index (κ2) is 15.9. The van der Waals surface area contributed by atoms with Gasteiger partial charge in [0.05, 0.1) is 42.7 Å². The highest BCUT2D eigenvalue weighted by Gasteiger charge is 2.32. The summed E-state index contributed by atoms with van der Waals surface area (Å²) >= 11 is 0. The van der Waals surface area contributed by atoms with Crippen molar-refractivity contribution in [2.45, 2.75) is 58.4 Å². The van der Waals surface area contributed by atoms with Crippen LogP contribution in [0.5, 0.6) is 34.5 Å². The molecule has 0 bridgehead atoms. The number of hydrogen-bond donors (Lipinski definition) is 2. The molecule has 0 saturated heterocycles. The van der Waals surface area contributed by atoms with Crippen LogP contribution < -0.4 is 28.4 Å². The van der Waals surface area contributed by atoms with Crippen LogP contribution in [0, 0.1) is 0 Å². The lowest BCUT2D eigenvalue weighted by Gasteiger charge is -2.38. The Balaban J connectivity index is 2.53. The first-order valence-corrected chi connectivity index (χ1v) is 13.5. The van der Waals surface area contributed by atoms with Gasteiger partial charge in [0, 0.05) is 25.7 Å². The average Bonchev–Trinajstić information content (AvgIpc) is 2.99. The molecule has 0 radical (unpaired) electrons. The van der Waals surface area contributed by atoms with E-state index in [2.05, 4.69) is 0 Å². The second-order valence-electron chi connectivity index (χ2n) is 9.76. The Hall–Kier alpha value is -3.90. The van der Waals surface area contributed by atoms with Crippen molar-refractivity contribution in [3.8, 4) is 34.5 Å². The highest BCUT2D eigenvalue weighted by Crippen LogP contribution is 2.40. The fourth-order valence-electron chi connectivity index (χ4n) is 4.88. The number of ether oxygens (including phenoxy) is 6. The number of aliphatic carboxylic acids is 2. The Bertz CT molecular complexity index is 1150. The molecule has 12 nitrogen and oxygen atoms in total. The molecule has 3 atom stereocenters. The molecule has 12 heteroatoms. The van der Waals surface area contributed by atoms with Crippen molar-refractivity contribution in [1.82, 2.24) is 9.80 Å². The zero-order valence-corrected chi connectivity index (χ0v) is 25.9. The largest absolute Gasteiger partial charge is 0.493 e. The van der Waals surface area contributed by atoms with Crippen LogP contribution in [0.25, 0.3) is 0 Å². The third-order valence-electron chi connectivity index (χ3n) is 7.35. The summed E-state index contributed by atoms with van der Waals surface area (Å²) in [6.07, 6.45) is 0.556. The predicted octanol–water partition coefficient (Wildman–Crippen LogP) is 3.77. The molecule has 2 N–H and O–H groups in total. The van der Waals surface area contributed by atoms with E-state index in [0.29, 0.717) is 40.9 Å². The van der Waals surface area contributed by atoms with Gasteiger partial charge in [-0.25, -0.2) is 0 Å². The van der Waals surface area contributed by atoms with Gasteiger partial charge < -0.3 is 38.6 Å². The number of carbonyl (C=O) groups is 2. The van der Waals surface area contributed by atoms with E-state index in [-0.39, 0.29) is 25.7 Å². The lowest BCUT2D eigenvalue weighted by atomic mass is 10.0. The van der Waals surface area contributed by atoms with E-state index in [4.69, 9.17) is 28.4 Å². The first-order chi connectivity index (χ1) is 20.0. The lowest BCUT2D eigenvalue weighted by Crippen LogP contribution is -2.52. The van der Waals surface area contributed by atoms with Crippen molar-refractivity contribution in [2.75, 3.05) is 49.2 Å². The van der Waals surface area contributed by atoms with Crippen LogP contribution in [0.15, 0.2) is 24.3 Å². The number of benzene rings is 2. The van der Waals surface area contributed by atoms with Gasteiger partial charge in [-0.3, -0.25) is 19.4 Å². The standard InChI is InChI=1S/C30H44N2O10/c1-10-22(32(19(3)30(35)36)16-21-13-25(39-6)28(42-9)26(14-21)40-7)17-31(18(2)29(33)34)15-20-11-23(37-4)27(41-8)24(12-20)38-5/h11-14,18-19,22H,10,15-17H2,1-9H3,(H,33,34)(H,35,36). The van der Waals surface area contributed by atoms with Gasteiger partial charge in [-0.1, -0.05) is 6.92 Å². The van der Waals surface area contributed by atoms with Gasteiger partial charge in [0.25, 0.3) is 0 Å². The molecule has 0 aromatic heterocycles. The van der Waals surface area contributed by atoms with Crippen LogP contribution in [-0.4, -0.2) is 99.3 Å². The maximum atomic E-state index is 12.3. The van der Waals surface area contributed by atoms with Crippen molar-refractivity contribution in [3.63, 3.8) is 0 Å². The minimum atomic E-state index is -1.00. The summed E-state index contributed by atoms with van der Waals surface area (Å²) in [6.45, 7) is 5.92. The molecule has 0 heterocycles. The van der Waals surface area contributed by atoms with Crippen LogP contribution in [0.2, 0.25) is 0 Å². The van der Waals surface area contributed by atoms with Crippen LogP contribution in [0.3, 0.4) is 0 Å². The number of nitrogens with zero attached hydrogens (tertiary/aromatic N) is 2. The van der Waals surface area contributed by atoms with Gasteiger partial charge in [0.15, 0.2) is 23.0 Å². The molecule has 0 amide bonds. The zero-order chi connectivity index (χ0) is 31.6. The Morgan fingerprint density at radius 3 is 1.36 bits per heavy atom. The second-order valence-corrected chi connectivity index (χ2v) is 9.76. The van der Waals surface area contributed by atoms with E-state index in [1.165, 1.54) is 42.7 Å². The third-order valence-corrected chi connectivity index (χ3v) is 7.35. The predicted molar refractivity (Wildman–Crippen MR) is 156 cm³/mol. The summed E-state index contributed by atoms with van der Waals surface area (Å²) in [7, 11) is 9.08. The van der Waals surface area contributed by atoms with Crippen molar-refractivity contribution in [1.29, 1.82) is 0 Å². The summed E-state index contributed by atoms with van der Waals surface area (Å²) < 4.78 is 32.8. The molecule has 42 heavy (non-hydrogen) atoms. The zero-order valence-electron chi connectivity index (χ0n) is 25.9. The third kappa shape index (κ3) is 8.10. The summed E-state index contributed by atoms with van der Waals surface area (Å²) in [6, 6.07) is 5.03. The molecule has 0 aliphatic heterocycles. The fourth-order valence-corrected chi connectivity index (χ4v) is 4.88. The fraction of sp³-hybridized carbons (Fsp3) is 0.533. The SMILES string of the molecule is CCC(CN(Cc1cc(OC)c(OC)c(OC)c1)C(C)C(=O)O)N(Cc1cc(OC)c(OC)c(OC)c1)C(C)C(=O)O. The van der Waals surface area contributed by atoms with Gasteiger partial charge in [-0.2, -0.15) is 0 Å². The molecule has 2 aromatic carbocycles. The van der Waals surface area contributed by atoms with E-state index < -0.39 is 24.0 Å². The van der Waals surface area contributed by atoms with Crippen molar-refractivity contribution < 1.29 is 48.2 Å². The van der Waals surface area contributed by atoms with Crippen molar-refractivity contribution in [3.05, 3.63) is 35.4 Å². The van der Waals surface area contributed by atoms with E-state index in [1.807, 2.05) is 11.8 Å². The number of carboxylic acid groups (broad SMARTS) is 2. The molecule has 0 aliphatic rings. The van der Waals surface area contributed by atoms with Crippen LogP contribution in [0.1, 0.15) is 38.3 Å². The molecule has 0 fully saturated rings. The number of carboxylic acids is 2. The Morgan fingerprint density at radius 1 is 0.667 bits per heavy atom. The van der Waals surface area contributed by atoms with E-state index in [1.54, 1.807) is 43.0 Å². The first-order valence-electron chi connectivity index (χ1n) is 13.5. The van der Waals surface area contributed by atoms with Gasteiger partial charge in [0.1, 0.15) is 12.1 Å². The Kier molecular flexibility index (Phi) is 13.0. The number of rotatable bonds is 18. The smallest absolute Gasteiger partial charge is 0.320 e.